The van der Waals surface area contributed by atoms with E-state index in [0.29, 0.717) is 23.8 Å². The summed E-state index contributed by atoms with van der Waals surface area (Å²) in [5, 5.41) is 3.98. The molecule has 25 heavy (non-hydrogen) atoms. The van der Waals surface area contributed by atoms with E-state index in [1.54, 1.807) is 31.5 Å². The van der Waals surface area contributed by atoms with E-state index in [0.717, 1.165) is 17.5 Å². The summed E-state index contributed by atoms with van der Waals surface area (Å²) < 4.78 is 10.9. The normalized spacial score (nSPS) is 10.6. The molecular weight excluding hydrogens is 318 g/mol. The molecule has 0 unspecified atom stereocenters. The first-order valence-electron chi connectivity index (χ1n) is 8.09. The van der Waals surface area contributed by atoms with Crippen molar-refractivity contribution in [3.63, 3.8) is 0 Å². The van der Waals surface area contributed by atoms with Gasteiger partial charge in [0, 0.05) is 5.69 Å². The van der Waals surface area contributed by atoms with Crippen molar-refractivity contribution in [3.05, 3.63) is 53.6 Å². The predicted molar refractivity (Wildman–Crippen MR) is 99.1 cm³/mol. The van der Waals surface area contributed by atoms with Gasteiger partial charge in [0.25, 0.3) is 0 Å². The van der Waals surface area contributed by atoms with E-state index in [1.807, 2.05) is 31.2 Å². The molecule has 0 aliphatic carbocycles. The molecule has 0 spiro atoms. The number of carbonyl (C=O) groups is 1. The Morgan fingerprint density at radius 1 is 1.20 bits per heavy atom. The number of hydrazone groups is 1. The van der Waals surface area contributed by atoms with Gasteiger partial charge in [-0.05, 0) is 47.9 Å². The zero-order chi connectivity index (χ0) is 18.1. The molecular formula is C19H23N3O3. The van der Waals surface area contributed by atoms with Crippen LogP contribution < -0.4 is 20.6 Å². The number of nitrogens with zero attached hydrogens (tertiary/aromatic N) is 1. The van der Waals surface area contributed by atoms with Gasteiger partial charge in [0.2, 0.25) is 5.91 Å². The molecule has 0 aromatic heterocycles. The Morgan fingerprint density at radius 2 is 1.96 bits per heavy atom. The average Bonchev–Trinajstić information content (AvgIpc) is 2.62. The van der Waals surface area contributed by atoms with Gasteiger partial charge in [-0.25, -0.2) is 5.43 Å². The van der Waals surface area contributed by atoms with Crippen molar-refractivity contribution in [2.75, 3.05) is 19.5 Å². The van der Waals surface area contributed by atoms with Crippen molar-refractivity contribution in [1.29, 1.82) is 0 Å². The Hall–Kier alpha value is -3.02. The maximum atomic E-state index is 11.9. The van der Waals surface area contributed by atoms with E-state index < -0.39 is 0 Å². The maximum absolute atomic E-state index is 11.9. The summed E-state index contributed by atoms with van der Waals surface area (Å²) in [6.45, 7) is 2.67. The van der Waals surface area contributed by atoms with Gasteiger partial charge >= 0.3 is 0 Å². The lowest BCUT2D eigenvalue weighted by molar-refractivity contribution is -0.120. The maximum Gasteiger partial charge on any atom is 0.244 e. The molecule has 0 aliphatic rings. The summed E-state index contributed by atoms with van der Waals surface area (Å²) >= 11 is 0. The zero-order valence-electron chi connectivity index (χ0n) is 14.5. The van der Waals surface area contributed by atoms with E-state index in [4.69, 9.17) is 15.2 Å². The molecule has 0 heterocycles. The molecule has 0 bridgehead atoms. The van der Waals surface area contributed by atoms with Crippen LogP contribution >= 0.6 is 0 Å². The van der Waals surface area contributed by atoms with Crippen molar-refractivity contribution >= 4 is 17.8 Å². The zero-order valence-corrected chi connectivity index (χ0v) is 14.5. The third kappa shape index (κ3) is 5.84. The number of nitrogen functional groups attached to an aromatic ring is 1. The van der Waals surface area contributed by atoms with Crippen LogP contribution in [0.3, 0.4) is 0 Å². The second kappa shape index (κ2) is 9.32. The monoisotopic (exact) mass is 341 g/mol. The third-order valence-corrected chi connectivity index (χ3v) is 3.40. The van der Waals surface area contributed by atoms with Gasteiger partial charge in [0.05, 0.1) is 26.4 Å². The van der Waals surface area contributed by atoms with Crippen molar-refractivity contribution in [2.24, 2.45) is 5.10 Å². The number of methoxy groups -OCH3 is 1. The largest absolute Gasteiger partial charge is 0.493 e. The van der Waals surface area contributed by atoms with Crippen LogP contribution in [0, 0.1) is 0 Å². The molecule has 2 aromatic rings. The Labute approximate surface area is 147 Å². The van der Waals surface area contributed by atoms with E-state index in [1.165, 1.54) is 0 Å². The average molecular weight is 341 g/mol. The van der Waals surface area contributed by atoms with Crippen molar-refractivity contribution in [3.8, 4) is 11.5 Å². The number of carbonyl (C=O) groups excluding carboxylic acids is 1. The predicted octanol–water partition coefficient (Wildman–Crippen LogP) is 2.76. The molecule has 0 fully saturated rings. The number of benzene rings is 2. The van der Waals surface area contributed by atoms with Crippen LogP contribution in [0.15, 0.2) is 47.6 Å². The van der Waals surface area contributed by atoms with E-state index in [2.05, 4.69) is 10.5 Å². The first-order chi connectivity index (χ1) is 12.1. The third-order valence-electron chi connectivity index (χ3n) is 3.40. The Kier molecular flexibility index (Phi) is 6.83. The number of rotatable bonds is 8. The van der Waals surface area contributed by atoms with E-state index in [9.17, 15) is 4.79 Å². The number of anilines is 1. The van der Waals surface area contributed by atoms with Crippen LogP contribution in [0.4, 0.5) is 5.69 Å². The van der Waals surface area contributed by atoms with E-state index in [-0.39, 0.29) is 12.3 Å². The van der Waals surface area contributed by atoms with Gasteiger partial charge in [-0.1, -0.05) is 19.1 Å². The molecule has 0 radical (unpaired) electrons. The molecule has 1 amide bonds. The van der Waals surface area contributed by atoms with Crippen LogP contribution in [0.2, 0.25) is 0 Å². The van der Waals surface area contributed by atoms with Crippen LogP contribution in [0.5, 0.6) is 11.5 Å². The minimum atomic E-state index is -0.198. The lowest BCUT2D eigenvalue weighted by Gasteiger charge is -2.10. The molecule has 6 nitrogen and oxygen atoms in total. The van der Waals surface area contributed by atoms with Crippen LogP contribution in [-0.2, 0) is 11.2 Å². The van der Waals surface area contributed by atoms with Gasteiger partial charge in [-0.2, -0.15) is 5.10 Å². The fourth-order valence-corrected chi connectivity index (χ4v) is 2.13. The number of hydrogen-bond donors (Lipinski definition) is 2. The fourth-order valence-electron chi connectivity index (χ4n) is 2.13. The Morgan fingerprint density at radius 3 is 2.64 bits per heavy atom. The quantitative estimate of drug-likeness (QED) is 0.439. The van der Waals surface area contributed by atoms with Gasteiger partial charge in [0.15, 0.2) is 11.5 Å². The summed E-state index contributed by atoms with van der Waals surface area (Å²) in [5.74, 6) is 1.12. The summed E-state index contributed by atoms with van der Waals surface area (Å²) in [6, 6.07) is 12.6. The molecule has 2 aromatic carbocycles. The van der Waals surface area contributed by atoms with Gasteiger partial charge < -0.3 is 15.2 Å². The molecule has 0 saturated carbocycles. The Bertz CT molecular complexity index is 727. The van der Waals surface area contributed by atoms with Crippen LogP contribution in [-0.4, -0.2) is 25.8 Å². The summed E-state index contributed by atoms with van der Waals surface area (Å²) in [4.78, 5) is 11.9. The first-order valence-corrected chi connectivity index (χ1v) is 8.09. The van der Waals surface area contributed by atoms with Gasteiger partial charge in [0.1, 0.15) is 0 Å². The van der Waals surface area contributed by atoms with Crippen molar-refractivity contribution < 1.29 is 14.3 Å². The molecule has 6 heteroatoms. The highest BCUT2D eigenvalue weighted by Gasteiger charge is 2.05. The van der Waals surface area contributed by atoms with Crippen LogP contribution in [0.25, 0.3) is 0 Å². The topological polar surface area (TPSA) is 85.9 Å². The summed E-state index contributed by atoms with van der Waals surface area (Å²) in [7, 11) is 1.59. The van der Waals surface area contributed by atoms with Gasteiger partial charge in [-0.15, -0.1) is 0 Å². The lowest BCUT2D eigenvalue weighted by Crippen LogP contribution is -2.19. The second-order valence-electron chi connectivity index (χ2n) is 5.47. The number of amides is 1. The SMILES string of the molecule is CCCOc1ccc(/C=N\NC(=O)Cc2ccc(N)cc2)cc1OC. The lowest BCUT2D eigenvalue weighted by atomic mass is 10.1. The molecule has 0 atom stereocenters. The minimum Gasteiger partial charge on any atom is -0.493 e. The molecule has 3 N–H and O–H groups in total. The highest BCUT2D eigenvalue weighted by Crippen LogP contribution is 2.27. The molecule has 0 saturated heterocycles. The highest BCUT2D eigenvalue weighted by molar-refractivity contribution is 5.84. The number of ether oxygens (including phenoxy) is 2. The standard InChI is InChI=1S/C19H23N3O3/c1-3-10-25-17-9-6-15(11-18(17)24-2)13-21-22-19(23)12-14-4-7-16(20)8-5-14/h4-9,11,13H,3,10,12,20H2,1-2H3,(H,22,23)/b21-13-. The summed E-state index contributed by atoms with van der Waals surface area (Å²) in [6.07, 6.45) is 2.73. The Balaban J connectivity index is 1.92. The van der Waals surface area contributed by atoms with Crippen LogP contribution in [0.1, 0.15) is 24.5 Å². The van der Waals surface area contributed by atoms with Gasteiger partial charge in [-0.3, -0.25) is 4.79 Å². The van der Waals surface area contributed by atoms with E-state index >= 15 is 0 Å². The number of nitrogens with two attached hydrogens (primary N) is 1. The molecule has 132 valence electrons. The highest BCUT2D eigenvalue weighted by atomic mass is 16.5. The number of hydrogen-bond acceptors (Lipinski definition) is 5. The minimum absolute atomic E-state index is 0.198. The fraction of sp³-hybridized carbons (Fsp3) is 0.263. The van der Waals surface area contributed by atoms with Crippen molar-refractivity contribution in [2.45, 2.75) is 19.8 Å². The smallest absolute Gasteiger partial charge is 0.244 e. The van der Waals surface area contributed by atoms with Crippen molar-refractivity contribution in [1.82, 2.24) is 5.43 Å². The number of nitrogens with one attached hydrogen (secondary N) is 1. The molecule has 0 aliphatic heterocycles. The molecule has 2 rings (SSSR count). The first kappa shape index (κ1) is 18.3. The second-order valence-corrected chi connectivity index (χ2v) is 5.47. The summed E-state index contributed by atoms with van der Waals surface area (Å²) in [5.41, 5.74) is 10.5.